The summed E-state index contributed by atoms with van der Waals surface area (Å²) >= 11 is 5.46. The zero-order valence-corrected chi connectivity index (χ0v) is 8.45. The van der Waals surface area contributed by atoms with Gasteiger partial charge in [0, 0.05) is 11.6 Å². The number of halogens is 2. The van der Waals surface area contributed by atoms with Crippen molar-refractivity contribution in [1.82, 2.24) is 10.1 Å². The van der Waals surface area contributed by atoms with Crippen molar-refractivity contribution in [2.75, 3.05) is 7.11 Å². The highest BCUT2D eigenvalue weighted by Gasteiger charge is 2.09. The van der Waals surface area contributed by atoms with Crippen molar-refractivity contribution in [2.24, 2.45) is 0 Å². The molecule has 0 radical (unpaired) electrons. The standard InChI is InChI=1S/C9H6ClFN2O2/c1-14-7-3-5(2-6(11)4-7)8-12-9(10)15-13-8/h2-4H,1H3. The molecule has 6 heteroatoms. The van der Waals surface area contributed by atoms with Gasteiger partial charge in [-0.2, -0.15) is 4.98 Å². The Bertz CT molecular complexity index is 487. The first kappa shape index (κ1) is 9.92. The van der Waals surface area contributed by atoms with Gasteiger partial charge >= 0.3 is 5.35 Å². The fraction of sp³-hybridized carbons (Fsp3) is 0.111. The SMILES string of the molecule is COc1cc(F)cc(-c2noc(Cl)n2)c1. The molecule has 1 aromatic carbocycles. The summed E-state index contributed by atoms with van der Waals surface area (Å²) in [7, 11) is 1.45. The van der Waals surface area contributed by atoms with E-state index in [2.05, 4.69) is 14.7 Å². The van der Waals surface area contributed by atoms with E-state index < -0.39 is 5.82 Å². The van der Waals surface area contributed by atoms with Gasteiger partial charge in [0.1, 0.15) is 11.6 Å². The molecule has 2 aromatic rings. The lowest BCUT2D eigenvalue weighted by Gasteiger charge is -2.01. The van der Waals surface area contributed by atoms with Gasteiger partial charge in [0.15, 0.2) is 0 Å². The monoisotopic (exact) mass is 228 g/mol. The molecule has 1 aromatic heterocycles. The Kier molecular flexibility index (Phi) is 2.55. The van der Waals surface area contributed by atoms with E-state index in [0.29, 0.717) is 11.3 Å². The van der Waals surface area contributed by atoms with Crippen LogP contribution in [0, 0.1) is 5.82 Å². The summed E-state index contributed by atoms with van der Waals surface area (Å²) in [5.41, 5.74) is 0.447. The van der Waals surface area contributed by atoms with Gasteiger partial charge in [-0.3, -0.25) is 0 Å². The molecule has 0 aliphatic carbocycles. The summed E-state index contributed by atoms with van der Waals surface area (Å²) in [5, 5.41) is 3.47. The summed E-state index contributed by atoms with van der Waals surface area (Å²) < 4.78 is 22.6. The van der Waals surface area contributed by atoms with Crippen LogP contribution < -0.4 is 4.74 Å². The molecule has 0 spiro atoms. The van der Waals surface area contributed by atoms with Crippen molar-refractivity contribution in [3.05, 3.63) is 29.4 Å². The van der Waals surface area contributed by atoms with E-state index in [0.717, 1.165) is 0 Å². The molecule has 0 unspecified atom stereocenters. The Hall–Kier alpha value is -1.62. The van der Waals surface area contributed by atoms with E-state index in [1.807, 2.05) is 0 Å². The van der Waals surface area contributed by atoms with Crippen LogP contribution in [-0.4, -0.2) is 17.3 Å². The van der Waals surface area contributed by atoms with Crippen LogP contribution in [0.5, 0.6) is 5.75 Å². The second-order valence-electron chi connectivity index (χ2n) is 2.75. The van der Waals surface area contributed by atoms with Gasteiger partial charge < -0.3 is 9.26 Å². The first-order valence-electron chi connectivity index (χ1n) is 4.03. The number of hydrogen-bond acceptors (Lipinski definition) is 4. The molecule has 0 N–H and O–H groups in total. The highest BCUT2D eigenvalue weighted by atomic mass is 35.5. The molecule has 0 saturated carbocycles. The molecule has 15 heavy (non-hydrogen) atoms. The molecule has 0 atom stereocenters. The summed E-state index contributed by atoms with van der Waals surface area (Å²) in [6.45, 7) is 0. The molecule has 0 bridgehead atoms. The van der Waals surface area contributed by atoms with Crippen molar-refractivity contribution >= 4 is 11.6 Å². The van der Waals surface area contributed by atoms with Crippen molar-refractivity contribution in [2.45, 2.75) is 0 Å². The summed E-state index contributed by atoms with van der Waals surface area (Å²) in [4.78, 5) is 3.76. The van der Waals surface area contributed by atoms with Gasteiger partial charge in [0.05, 0.1) is 7.11 Å². The third-order valence-electron chi connectivity index (χ3n) is 1.77. The number of aromatic nitrogens is 2. The Balaban J connectivity index is 2.48. The topological polar surface area (TPSA) is 48.2 Å². The average molecular weight is 229 g/mol. The minimum atomic E-state index is -0.440. The van der Waals surface area contributed by atoms with E-state index >= 15 is 0 Å². The fourth-order valence-corrected chi connectivity index (χ4v) is 1.25. The van der Waals surface area contributed by atoms with Crippen LogP contribution in [0.1, 0.15) is 0 Å². The molecule has 1 heterocycles. The number of ether oxygens (including phenoxy) is 1. The van der Waals surface area contributed by atoms with E-state index in [4.69, 9.17) is 16.3 Å². The maximum Gasteiger partial charge on any atom is 0.320 e. The smallest absolute Gasteiger partial charge is 0.320 e. The molecule has 2 rings (SSSR count). The number of hydrogen-bond donors (Lipinski definition) is 0. The van der Waals surface area contributed by atoms with E-state index in [9.17, 15) is 4.39 Å². The minimum absolute atomic E-state index is 0.0896. The Morgan fingerprint density at radius 3 is 2.80 bits per heavy atom. The first-order valence-corrected chi connectivity index (χ1v) is 4.41. The van der Waals surface area contributed by atoms with Crippen LogP contribution in [0.3, 0.4) is 0 Å². The second kappa shape index (κ2) is 3.86. The molecule has 0 saturated heterocycles. The highest BCUT2D eigenvalue weighted by Crippen LogP contribution is 2.24. The summed E-state index contributed by atoms with van der Waals surface area (Å²) in [6, 6.07) is 4.11. The predicted molar refractivity (Wildman–Crippen MR) is 51.3 cm³/mol. The number of nitrogens with zero attached hydrogens (tertiary/aromatic N) is 2. The van der Waals surface area contributed by atoms with Gasteiger partial charge in [0.25, 0.3) is 0 Å². The summed E-state index contributed by atoms with van der Waals surface area (Å²) in [5.74, 6) is 0.161. The zero-order valence-electron chi connectivity index (χ0n) is 7.70. The van der Waals surface area contributed by atoms with Crippen molar-refractivity contribution in [1.29, 1.82) is 0 Å². The third kappa shape index (κ3) is 2.07. The normalized spacial score (nSPS) is 10.3. The maximum absolute atomic E-state index is 13.1. The van der Waals surface area contributed by atoms with Gasteiger partial charge in [-0.05, 0) is 23.7 Å². The van der Waals surface area contributed by atoms with Crippen LogP contribution in [0.15, 0.2) is 22.7 Å². The number of methoxy groups -OCH3 is 1. The van der Waals surface area contributed by atoms with Crippen LogP contribution in [0.25, 0.3) is 11.4 Å². The first-order chi connectivity index (χ1) is 7.19. The van der Waals surface area contributed by atoms with Gasteiger partial charge in [-0.15, -0.1) is 0 Å². The Labute approximate surface area is 89.6 Å². The van der Waals surface area contributed by atoms with E-state index in [1.165, 1.54) is 19.2 Å². The Morgan fingerprint density at radius 2 is 2.20 bits per heavy atom. The molecule has 0 fully saturated rings. The van der Waals surface area contributed by atoms with Gasteiger partial charge in [0.2, 0.25) is 5.82 Å². The largest absolute Gasteiger partial charge is 0.497 e. The lowest BCUT2D eigenvalue weighted by molar-refractivity contribution is 0.411. The molecule has 0 aliphatic rings. The van der Waals surface area contributed by atoms with Crippen molar-refractivity contribution in [3.8, 4) is 17.1 Å². The van der Waals surface area contributed by atoms with Crippen LogP contribution in [0.4, 0.5) is 4.39 Å². The molecule has 4 nitrogen and oxygen atoms in total. The van der Waals surface area contributed by atoms with Crippen LogP contribution >= 0.6 is 11.6 Å². The van der Waals surface area contributed by atoms with E-state index in [-0.39, 0.29) is 11.2 Å². The number of benzene rings is 1. The molecular formula is C9H6ClFN2O2. The highest BCUT2D eigenvalue weighted by molar-refractivity contribution is 6.27. The van der Waals surface area contributed by atoms with Crippen LogP contribution in [0.2, 0.25) is 5.35 Å². The Morgan fingerprint density at radius 1 is 1.40 bits per heavy atom. The second-order valence-corrected chi connectivity index (χ2v) is 3.07. The average Bonchev–Trinajstić information content (AvgIpc) is 2.64. The molecule has 0 amide bonds. The third-order valence-corrected chi connectivity index (χ3v) is 1.92. The maximum atomic E-state index is 13.1. The van der Waals surface area contributed by atoms with Gasteiger partial charge in [-0.25, -0.2) is 4.39 Å². The molecule has 0 aliphatic heterocycles. The van der Waals surface area contributed by atoms with Crippen molar-refractivity contribution in [3.63, 3.8) is 0 Å². The molecular weight excluding hydrogens is 223 g/mol. The summed E-state index contributed by atoms with van der Waals surface area (Å²) in [6.07, 6.45) is 0. The lowest BCUT2D eigenvalue weighted by Crippen LogP contribution is -1.88. The van der Waals surface area contributed by atoms with Gasteiger partial charge in [-0.1, -0.05) is 5.16 Å². The lowest BCUT2D eigenvalue weighted by atomic mass is 10.2. The molecule has 78 valence electrons. The fourth-order valence-electron chi connectivity index (χ4n) is 1.13. The number of rotatable bonds is 2. The minimum Gasteiger partial charge on any atom is -0.497 e. The zero-order chi connectivity index (χ0) is 10.8. The predicted octanol–water partition coefficient (Wildman–Crippen LogP) is 2.54. The van der Waals surface area contributed by atoms with Crippen molar-refractivity contribution < 1.29 is 13.7 Å². The van der Waals surface area contributed by atoms with Crippen LogP contribution in [-0.2, 0) is 0 Å². The quantitative estimate of drug-likeness (QED) is 0.793. The van der Waals surface area contributed by atoms with E-state index in [1.54, 1.807) is 6.07 Å².